The van der Waals surface area contributed by atoms with Crippen molar-refractivity contribution in [3.8, 4) is 33.5 Å². The first-order valence-electron chi connectivity index (χ1n) is 10.8. The van der Waals surface area contributed by atoms with Gasteiger partial charge in [0.15, 0.2) is 0 Å². The van der Waals surface area contributed by atoms with E-state index in [1.165, 1.54) is 12.1 Å². The third-order valence-corrected chi connectivity index (χ3v) is 5.78. The molecule has 5 aromatic rings. The zero-order chi connectivity index (χ0) is 25.5. The molecule has 0 radical (unpaired) electrons. The van der Waals surface area contributed by atoms with Crippen molar-refractivity contribution in [1.29, 1.82) is 0 Å². The Kier molecular flexibility index (Phi) is 5.74. The quantitative estimate of drug-likeness (QED) is 0.235. The first kappa shape index (κ1) is 23.5. The number of alkyl halides is 6. The maximum absolute atomic E-state index is 13.2. The molecular weight excluding hydrogens is 478 g/mol. The number of aromatic nitrogens is 2. The van der Waals surface area contributed by atoms with E-state index < -0.39 is 23.5 Å². The number of hydrogen-bond donors (Lipinski definition) is 0. The molecule has 0 aliphatic rings. The maximum atomic E-state index is 13.2. The maximum Gasteiger partial charge on any atom is 0.416 e. The van der Waals surface area contributed by atoms with Crippen molar-refractivity contribution in [3.63, 3.8) is 0 Å². The SMILES string of the molecule is FC(F)(F)c1cc(-c2ccc3cc(-c4ccc(-c5ccccn5)cc4)cnc3c2)cc(C(F)(F)F)c1. The number of fused-ring (bicyclic) bond motifs is 1. The molecule has 8 heteroatoms. The molecule has 2 aromatic heterocycles. The molecule has 3 aromatic carbocycles. The van der Waals surface area contributed by atoms with Crippen LogP contribution in [0.1, 0.15) is 11.1 Å². The lowest BCUT2D eigenvalue weighted by Gasteiger charge is -2.14. The highest BCUT2D eigenvalue weighted by molar-refractivity contribution is 5.87. The molecule has 2 heterocycles. The Morgan fingerprint density at radius 1 is 0.500 bits per heavy atom. The predicted molar refractivity (Wildman–Crippen MR) is 126 cm³/mol. The third kappa shape index (κ3) is 4.79. The molecule has 0 amide bonds. The van der Waals surface area contributed by atoms with E-state index in [0.29, 0.717) is 23.0 Å². The van der Waals surface area contributed by atoms with Gasteiger partial charge in [-0.15, -0.1) is 0 Å². The van der Waals surface area contributed by atoms with Gasteiger partial charge in [-0.3, -0.25) is 9.97 Å². The van der Waals surface area contributed by atoms with E-state index in [1.807, 2.05) is 48.5 Å². The van der Waals surface area contributed by atoms with Crippen molar-refractivity contribution in [3.05, 3.63) is 108 Å². The summed E-state index contributed by atoms with van der Waals surface area (Å²) in [4.78, 5) is 8.74. The normalized spacial score (nSPS) is 12.2. The molecule has 0 saturated heterocycles. The molecule has 0 atom stereocenters. The lowest BCUT2D eigenvalue weighted by atomic mass is 9.97. The molecule has 0 spiro atoms. The summed E-state index contributed by atoms with van der Waals surface area (Å²) in [7, 11) is 0. The molecule has 0 N–H and O–H groups in total. The molecular formula is C28H16F6N2. The van der Waals surface area contributed by atoms with Gasteiger partial charge in [0.1, 0.15) is 0 Å². The fourth-order valence-electron chi connectivity index (χ4n) is 3.95. The van der Waals surface area contributed by atoms with Gasteiger partial charge in [-0.05, 0) is 59.2 Å². The summed E-state index contributed by atoms with van der Waals surface area (Å²) < 4.78 is 79.5. The van der Waals surface area contributed by atoms with Crippen LogP contribution in [0.5, 0.6) is 0 Å². The van der Waals surface area contributed by atoms with E-state index in [0.717, 1.165) is 22.4 Å². The standard InChI is InChI=1S/C28H16F6N2/c29-27(30,31)23-12-21(13-24(15-23)28(32,33)34)19-8-9-20-11-22(16-36-26(20)14-19)17-4-6-18(7-5-17)25-3-1-2-10-35-25/h1-16H. The zero-order valence-corrected chi connectivity index (χ0v) is 18.4. The van der Waals surface area contributed by atoms with Crippen LogP contribution in [0, 0.1) is 0 Å². The minimum Gasteiger partial charge on any atom is -0.256 e. The molecule has 36 heavy (non-hydrogen) atoms. The van der Waals surface area contributed by atoms with Gasteiger partial charge >= 0.3 is 12.4 Å². The second kappa shape index (κ2) is 8.78. The van der Waals surface area contributed by atoms with Crippen LogP contribution in [0.15, 0.2) is 97.3 Å². The van der Waals surface area contributed by atoms with Crippen LogP contribution >= 0.6 is 0 Å². The average molecular weight is 494 g/mol. The molecule has 2 nitrogen and oxygen atoms in total. The molecule has 5 rings (SSSR count). The topological polar surface area (TPSA) is 25.8 Å². The number of nitrogens with zero attached hydrogens (tertiary/aromatic N) is 2. The largest absolute Gasteiger partial charge is 0.416 e. The highest BCUT2D eigenvalue weighted by Crippen LogP contribution is 2.39. The van der Waals surface area contributed by atoms with Crippen LogP contribution in [0.3, 0.4) is 0 Å². The van der Waals surface area contributed by atoms with Crippen molar-refractivity contribution < 1.29 is 26.3 Å². The molecule has 0 fully saturated rings. The Morgan fingerprint density at radius 3 is 1.75 bits per heavy atom. The second-order valence-electron chi connectivity index (χ2n) is 8.22. The average Bonchev–Trinajstić information content (AvgIpc) is 2.87. The van der Waals surface area contributed by atoms with Gasteiger partial charge < -0.3 is 0 Å². The Morgan fingerprint density at radius 2 is 1.14 bits per heavy atom. The van der Waals surface area contributed by atoms with E-state index in [1.54, 1.807) is 18.5 Å². The molecule has 0 aliphatic heterocycles. The van der Waals surface area contributed by atoms with E-state index in [2.05, 4.69) is 9.97 Å². The number of halogens is 6. The van der Waals surface area contributed by atoms with Crippen molar-refractivity contribution in [2.75, 3.05) is 0 Å². The first-order valence-corrected chi connectivity index (χ1v) is 10.8. The van der Waals surface area contributed by atoms with Crippen LogP contribution in [0.2, 0.25) is 0 Å². The highest BCUT2D eigenvalue weighted by atomic mass is 19.4. The van der Waals surface area contributed by atoms with E-state index in [4.69, 9.17) is 0 Å². The molecule has 0 aliphatic carbocycles. The van der Waals surface area contributed by atoms with E-state index >= 15 is 0 Å². The third-order valence-electron chi connectivity index (χ3n) is 5.78. The van der Waals surface area contributed by atoms with Gasteiger partial charge in [0, 0.05) is 28.9 Å². The van der Waals surface area contributed by atoms with Crippen molar-refractivity contribution in [1.82, 2.24) is 9.97 Å². The Labute approximate surface area is 201 Å². The van der Waals surface area contributed by atoms with Gasteiger partial charge in [0.05, 0.1) is 22.3 Å². The summed E-state index contributed by atoms with van der Waals surface area (Å²) >= 11 is 0. The van der Waals surface area contributed by atoms with E-state index in [-0.39, 0.29) is 17.2 Å². The minimum absolute atomic E-state index is 0.119. The van der Waals surface area contributed by atoms with Crippen molar-refractivity contribution >= 4 is 10.9 Å². The number of hydrogen-bond acceptors (Lipinski definition) is 2. The zero-order valence-electron chi connectivity index (χ0n) is 18.4. The van der Waals surface area contributed by atoms with Crippen LogP contribution in [0.25, 0.3) is 44.4 Å². The Bertz CT molecular complexity index is 1510. The summed E-state index contributed by atoms with van der Waals surface area (Å²) in [6, 6.07) is 21.4. The monoisotopic (exact) mass is 494 g/mol. The van der Waals surface area contributed by atoms with Crippen LogP contribution in [0.4, 0.5) is 26.3 Å². The smallest absolute Gasteiger partial charge is 0.256 e. The number of benzene rings is 3. The molecule has 0 bridgehead atoms. The number of rotatable bonds is 3. The highest BCUT2D eigenvalue weighted by Gasteiger charge is 2.37. The van der Waals surface area contributed by atoms with Crippen molar-refractivity contribution in [2.24, 2.45) is 0 Å². The Balaban J connectivity index is 1.50. The summed E-state index contributed by atoms with van der Waals surface area (Å²) in [6.07, 6.45) is -6.48. The van der Waals surface area contributed by atoms with Gasteiger partial charge in [-0.1, -0.05) is 42.5 Å². The first-order chi connectivity index (χ1) is 17.1. The summed E-state index contributed by atoms with van der Waals surface area (Å²) in [6.45, 7) is 0. The van der Waals surface area contributed by atoms with Gasteiger partial charge in [0.2, 0.25) is 0 Å². The minimum atomic E-state index is -4.91. The second-order valence-corrected chi connectivity index (χ2v) is 8.22. The van der Waals surface area contributed by atoms with Crippen LogP contribution in [-0.4, -0.2) is 9.97 Å². The van der Waals surface area contributed by atoms with Crippen molar-refractivity contribution in [2.45, 2.75) is 12.4 Å². The van der Waals surface area contributed by atoms with Gasteiger partial charge in [0.25, 0.3) is 0 Å². The predicted octanol–water partition coefficient (Wildman–Crippen LogP) is 8.67. The van der Waals surface area contributed by atoms with Crippen LogP contribution < -0.4 is 0 Å². The van der Waals surface area contributed by atoms with Gasteiger partial charge in [-0.25, -0.2) is 0 Å². The summed E-state index contributed by atoms with van der Waals surface area (Å²) in [5, 5.41) is 0.702. The molecule has 0 saturated carbocycles. The lowest BCUT2D eigenvalue weighted by Crippen LogP contribution is -2.11. The summed E-state index contributed by atoms with van der Waals surface area (Å²) in [5.74, 6) is 0. The molecule has 180 valence electrons. The fraction of sp³-hybridized carbons (Fsp3) is 0.0714. The fourth-order valence-corrected chi connectivity index (χ4v) is 3.95. The van der Waals surface area contributed by atoms with Crippen LogP contribution in [-0.2, 0) is 12.4 Å². The molecule has 0 unspecified atom stereocenters. The summed E-state index contributed by atoms with van der Waals surface area (Å²) in [5.41, 5.74) is 1.28. The lowest BCUT2D eigenvalue weighted by molar-refractivity contribution is -0.143. The number of pyridine rings is 2. The Hall–Kier alpha value is -4.20. The van der Waals surface area contributed by atoms with E-state index in [9.17, 15) is 26.3 Å². The van der Waals surface area contributed by atoms with Gasteiger partial charge in [-0.2, -0.15) is 26.3 Å².